The number of fused-ring (bicyclic) bond motifs is 4. The third-order valence-electron chi connectivity index (χ3n) is 11.5. The number of methoxy groups -OCH3 is 1. The van der Waals surface area contributed by atoms with Gasteiger partial charge in [0.25, 0.3) is 0 Å². The van der Waals surface area contributed by atoms with Crippen molar-refractivity contribution in [1.82, 2.24) is 0 Å². The first-order chi connectivity index (χ1) is 18.6. The minimum atomic E-state index is -0.924. The molecular weight excluding hydrogens is 504 g/mol. The zero-order valence-electron chi connectivity index (χ0n) is 26.4. The molecule has 3 unspecified atom stereocenters. The first kappa shape index (κ1) is 31.5. The largest absolute Gasteiger partial charge is 0.458 e. The van der Waals surface area contributed by atoms with Crippen LogP contribution in [0.4, 0.5) is 0 Å². The molecule has 0 aromatic rings. The number of carbonyl (C=O) groups is 1. The van der Waals surface area contributed by atoms with Gasteiger partial charge in [0.1, 0.15) is 19.0 Å². The van der Waals surface area contributed by atoms with Crippen molar-refractivity contribution in [2.75, 3.05) is 13.9 Å². The van der Waals surface area contributed by atoms with Gasteiger partial charge < -0.3 is 24.4 Å². The third-order valence-corrected chi connectivity index (χ3v) is 11.5. The van der Waals surface area contributed by atoms with E-state index in [4.69, 9.17) is 14.2 Å². The summed E-state index contributed by atoms with van der Waals surface area (Å²) >= 11 is 0. The molecule has 0 bridgehead atoms. The number of rotatable bonds is 9. The van der Waals surface area contributed by atoms with Crippen LogP contribution in [0.3, 0.4) is 0 Å². The summed E-state index contributed by atoms with van der Waals surface area (Å²) in [6, 6.07) is 0. The normalized spacial score (nSPS) is 39.2. The Balaban J connectivity index is 1.75. The van der Waals surface area contributed by atoms with Crippen molar-refractivity contribution in [3.05, 3.63) is 34.9 Å². The van der Waals surface area contributed by atoms with Gasteiger partial charge >= 0.3 is 5.97 Å². The molecule has 0 aliphatic heterocycles. The fourth-order valence-corrected chi connectivity index (χ4v) is 9.51. The molecule has 0 amide bonds. The van der Waals surface area contributed by atoms with E-state index < -0.39 is 29.1 Å². The Morgan fingerprint density at radius 2 is 1.82 bits per heavy atom. The van der Waals surface area contributed by atoms with Crippen LogP contribution in [0.1, 0.15) is 93.9 Å². The Kier molecular flexibility index (Phi) is 8.90. The monoisotopic (exact) mass is 558 g/mol. The van der Waals surface area contributed by atoms with Gasteiger partial charge in [-0.1, -0.05) is 66.7 Å². The van der Waals surface area contributed by atoms with Crippen LogP contribution in [0, 0.1) is 39.9 Å². The molecule has 4 rings (SSSR count). The fourth-order valence-electron chi connectivity index (χ4n) is 9.51. The lowest BCUT2D eigenvalue weighted by molar-refractivity contribution is -0.213. The van der Waals surface area contributed by atoms with Gasteiger partial charge in [-0.15, -0.1) is 0 Å². The third kappa shape index (κ3) is 4.95. The van der Waals surface area contributed by atoms with Gasteiger partial charge in [-0.3, -0.25) is 4.79 Å². The maximum absolute atomic E-state index is 12.5. The SMILES string of the molecule is C=C(CC[C@@H](C)[C@H]1CC=C2C3=C([C@@H](O)[C@H](OC(C)=O)C21C)C1(C)C[C@@H](O)[C@H](OCOC)C(C)(C)C1CC3)C(C)C. The van der Waals surface area contributed by atoms with Crippen LogP contribution < -0.4 is 0 Å². The highest BCUT2D eigenvalue weighted by atomic mass is 16.7. The highest BCUT2D eigenvalue weighted by Crippen LogP contribution is 2.67. The number of ether oxygens (including phenoxy) is 3. The van der Waals surface area contributed by atoms with Gasteiger partial charge in [0.15, 0.2) is 0 Å². The number of allylic oxidation sites excluding steroid dienone is 3. The summed E-state index contributed by atoms with van der Waals surface area (Å²) in [5, 5.41) is 23.7. The van der Waals surface area contributed by atoms with Crippen LogP contribution in [0.5, 0.6) is 0 Å². The number of hydrogen-bond acceptors (Lipinski definition) is 6. The number of aliphatic hydroxyl groups is 2. The van der Waals surface area contributed by atoms with E-state index in [1.165, 1.54) is 23.6 Å². The predicted molar refractivity (Wildman–Crippen MR) is 157 cm³/mol. The Bertz CT molecular complexity index is 1050. The average molecular weight is 559 g/mol. The van der Waals surface area contributed by atoms with Gasteiger partial charge in [0.05, 0.1) is 12.2 Å². The molecule has 2 N–H and O–H groups in total. The van der Waals surface area contributed by atoms with Crippen molar-refractivity contribution in [3.8, 4) is 0 Å². The zero-order valence-corrected chi connectivity index (χ0v) is 26.4. The lowest BCUT2D eigenvalue weighted by atomic mass is 9.45. The molecule has 1 saturated carbocycles. The van der Waals surface area contributed by atoms with Gasteiger partial charge in [0.2, 0.25) is 0 Å². The smallest absolute Gasteiger partial charge is 0.303 e. The quantitative estimate of drug-likeness (QED) is 0.194. The molecule has 0 saturated heterocycles. The highest BCUT2D eigenvalue weighted by molar-refractivity contribution is 5.67. The number of aliphatic hydroxyl groups excluding tert-OH is 2. The van der Waals surface area contributed by atoms with Gasteiger partial charge in [-0.05, 0) is 89.7 Å². The van der Waals surface area contributed by atoms with Gasteiger partial charge in [0, 0.05) is 19.4 Å². The summed E-state index contributed by atoms with van der Waals surface area (Å²) in [5.41, 5.74) is 3.45. The van der Waals surface area contributed by atoms with Crippen molar-refractivity contribution in [1.29, 1.82) is 0 Å². The van der Waals surface area contributed by atoms with Crippen molar-refractivity contribution >= 4 is 5.97 Å². The summed E-state index contributed by atoms with van der Waals surface area (Å²) in [7, 11) is 1.60. The van der Waals surface area contributed by atoms with Gasteiger partial charge in [-0.25, -0.2) is 0 Å². The number of hydrogen-bond donors (Lipinski definition) is 2. The summed E-state index contributed by atoms with van der Waals surface area (Å²) < 4.78 is 17.3. The molecule has 0 radical (unpaired) electrons. The van der Waals surface area contributed by atoms with E-state index in [2.05, 4.69) is 61.1 Å². The van der Waals surface area contributed by atoms with E-state index in [0.29, 0.717) is 18.3 Å². The second kappa shape index (κ2) is 11.3. The molecule has 40 heavy (non-hydrogen) atoms. The molecule has 0 heterocycles. The van der Waals surface area contributed by atoms with Crippen LogP contribution >= 0.6 is 0 Å². The van der Waals surface area contributed by atoms with Crippen LogP contribution in [0.25, 0.3) is 0 Å². The average Bonchev–Trinajstić information content (AvgIpc) is 3.21. The van der Waals surface area contributed by atoms with Crippen LogP contribution in [-0.2, 0) is 19.0 Å². The Morgan fingerprint density at radius 1 is 1.15 bits per heavy atom. The molecule has 4 aliphatic rings. The van der Waals surface area contributed by atoms with Crippen LogP contribution in [-0.4, -0.2) is 54.5 Å². The van der Waals surface area contributed by atoms with E-state index in [1.54, 1.807) is 7.11 Å². The predicted octanol–water partition coefficient (Wildman–Crippen LogP) is 6.37. The molecule has 0 aromatic carbocycles. The Hall–Kier alpha value is -1.47. The Labute approximate surface area is 242 Å². The minimum absolute atomic E-state index is 0.134. The molecule has 226 valence electrons. The van der Waals surface area contributed by atoms with Crippen molar-refractivity contribution in [2.45, 2.75) is 118 Å². The summed E-state index contributed by atoms with van der Waals surface area (Å²) in [6.45, 7) is 21.3. The highest BCUT2D eigenvalue weighted by Gasteiger charge is 2.65. The molecule has 6 heteroatoms. The first-order valence-corrected chi connectivity index (χ1v) is 15.4. The van der Waals surface area contributed by atoms with E-state index in [-0.39, 0.29) is 36.1 Å². The van der Waals surface area contributed by atoms with Crippen LogP contribution in [0.2, 0.25) is 0 Å². The van der Waals surface area contributed by atoms with E-state index in [1.807, 2.05) is 0 Å². The molecule has 1 fully saturated rings. The zero-order chi connectivity index (χ0) is 29.8. The lowest BCUT2D eigenvalue weighted by Gasteiger charge is -2.62. The summed E-state index contributed by atoms with van der Waals surface area (Å²) in [6.07, 6.45) is 4.92. The van der Waals surface area contributed by atoms with Crippen molar-refractivity contribution in [2.24, 2.45) is 39.9 Å². The number of carbonyl (C=O) groups excluding carboxylic acids is 1. The standard InChI is InChI=1S/C34H54O6/c1-19(2)20(3)11-12-21(4)24-14-15-25-23-13-16-27-32(6,7)30(39-18-38-10)26(36)17-33(27,8)28(23)29(37)31(34(24,25)9)40-22(5)35/h15,19,21,24,26-27,29-31,36-37H,3,11-14,16-18H2,1-2,4-10H3/t21-,24-,26-,27?,29-,30+,31+,33?,34?/m1/s1. The molecule has 0 spiro atoms. The van der Waals surface area contributed by atoms with Crippen molar-refractivity contribution < 1.29 is 29.2 Å². The second-order valence-corrected chi connectivity index (χ2v) is 14.5. The fraction of sp³-hybridized carbons (Fsp3) is 0.794. The maximum atomic E-state index is 12.5. The van der Waals surface area contributed by atoms with E-state index in [0.717, 1.165) is 37.7 Å². The summed E-state index contributed by atoms with van der Waals surface area (Å²) in [5.74, 6) is 0.905. The van der Waals surface area contributed by atoms with Crippen molar-refractivity contribution in [3.63, 3.8) is 0 Å². The maximum Gasteiger partial charge on any atom is 0.303 e. The Morgan fingerprint density at radius 3 is 2.42 bits per heavy atom. The summed E-state index contributed by atoms with van der Waals surface area (Å²) in [4.78, 5) is 12.5. The lowest BCUT2D eigenvalue weighted by Crippen LogP contribution is -2.63. The molecule has 0 aromatic heterocycles. The van der Waals surface area contributed by atoms with E-state index in [9.17, 15) is 15.0 Å². The molecule has 6 nitrogen and oxygen atoms in total. The first-order valence-electron chi connectivity index (χ1n) is 15.4. The molecule has 4 aliphatic carbocycles. The molecular formula is C34H54O6. The second-order valence-electron chi connectivity index (χ2n) is 14.5. The van der Waals surface area contributed by atoms with Crippen LogP contribution in [0.15, 0.2) is 34.9 Å². The minimum Gasteiger partial charge on any atom is -0.458 e. The topological polar surface area (TPSA) is 85.2 Å². The van der Waals surface area contributed by atoms with E-state index >= 15 is 0 Å². The molecule has 9 atom stereocenters. The number of esters is 1. The van der Waals surface area contributed by atoms with Gasteiger partial charge in [-0.2, -0.15) is 0 Å².